The lowest BCUT2D eigenvalue weighted by molar-refractivity contribution is 0.838. The van der Waals surface area contributed by atoms with Crippen LogP contribution in [0.15, 0.2) is 109 Å². The van der Waals surface area contributed by atoms with Crippen LogP contribution >= 0.6 is 0 Å². The Hall–Kier alpha value is -5.57. The maximum absolute atomic E-state index is 4.24. The summed E-state index contributed by atoms with van der Waals surface area (Å²) in [5, 5.41) is 14.5. The van der Waals surface area contributed by atoms with Crippen LogP contribution in [0.25, 0.3) is 75.8 Å². The molecule has 0 radical (unpaired) electrons. The van der Waals surface area contributed by atoms with Crippen LogP contribution in [0.2, 0.25) is 66.5 Å². The van der Waals surface area contributed by atoms with Crippen molar-refractivity contribution in [1.82, 2.24) is 0 Å². The highest BCUT2D eigenvalue weighted by Gasteiger charge is 2.45. The molecule has 0 amide bonds. The van der Waals surface area contributed by atoms with E-state index in [2.05, 4.69) is 321 Å². The predicted octanol–water partition coefficient (Wildman–Crippen LogP) is 24.6. The quantitative estimate of drug-likeness (QED) is 0.0613. The minimum atomic E-state index is -2.15. The lowest BCUT2D eigenvalue weighted by Gasteiger charge is -2.38. The lowest BCUT2D eigenvalue weighted by atomic mass is 9.88. The number of fused-ring (bicyclic) bond motifs is 6. The minimum absolute atomic E-state index is 0.508. The van der Waals surface area contributed by atoms with Crippen LogP contribution in [0.5, 0.6) is 0 Å². The summed E-state index contributed by atoms with van der Waals surface area (Å²) in [5.41, 5.74) is 30.0. The number of benzene rings is 8. The van der Waals surface area contributed by atoms with Crippen molar-refractivity contribution < 1.29 is 0 Å². The fourth-order valence-corrected chi connectivity index (χ4v) is 38.0. The minimum Gasteiger partial charge on any atom is -0.125 e. The van der Waals surface area contributed by atoms with Gasteiger partial charge in [-0.1, -0.05) is 263 Å². The van der Waals surface area contributed by atoms with E-state index in [1.807, 2.05) is 0 Å². The molecular formula is C80H102Si4. The molecule has 0 nitrogen and oxygen atoms in total. The van der Waals surface area contributed by atoms with Crippen molar-refractivity contribution in [3.05, 3.63) is 131 Å². The van der Waals surface area contributed by atoms with Gasteiger partial charge in [0.1, 0.15) is 32.3 Å². The SMILES string of the molecule is CC(C)[Si](C#Cc1c2ccccc2c(C#C[Si](C(C)C)(C(C)C)C(C)C)c2cc(-c3ccc4cc5c(C#C[Si](C(C)C)(C(C)C)C(C)C)c6cc7ccccc7cc6c(C#C[Si](C(C)C)(C(C)C)C(C)C)c5cc4c3)ccc12)(C(C)C)C(C)C. The molecule has 0 aliphatic heterocycles. The van der Waals surface area contributed by atoms with E-state index in [0.29, 0.717) is 66.5 Å². The van der Waals surface area contributed by atoms with E-state index in [4.69, 9.17) is 0 Å². The maximum Gasteiger partial charge on any atom is 0.146 e. The summed E-state index contributed by atoms with van der Waals surface area (Å²) < 4.78 is 0. The molecule has 0 N–H and O–H groups in total. The molecule has 0 bridgehead atoms. The van der Waals surface area contributed by atoms with Crippen LogP contribution in [-0.4, -0.2) is 32.3 Å². The Morgan fingerprint density at radius 1 is 0.214 bits per heavy atom. The third-order valence-electron chi connectivity index (χ3n) is 21.4. The molecule has 0 saturated heterocycles. The van der Waals surface area contributed by atoms with Gasteiger partial charge < -0.3 is 0 Å². The molecule has 8 aromatic carbocycles. The summed E-state index contributed by atoms with van der Waals surface area (Å²) >= 11 is 0. The highest BCUT2D eigenvalue weighted by Crippen LogP contribution is 2.47. The van der Waals surface area contributed by atoms with Gasteiger partial charge in [0.05, 0.1) is 0 Å². The summed E-state index contributed by atoms with van der Waals surface area (Å²) in [6, 6.07) is 42.1. The molecule has 8 aromatic rings. The molecule has 0 aromatic heterocycles. The van der Waals surface area contributed by atoms with Gasteiger partial charge in [-0.25, -0.2) is 0 Å². The average Bonchev–Trinajstić information content (AvgIpc) is 2.24. The van der Waals surface area contributed by atoms with E-state index in [0.717, 1.165) is 22.3 Å². The van der Waals surface area contributed by atoms with Gasteiger partial charge in [0.25, 0.3) is 0 Å². The zero-order valence-electron chi connectivity index (χ0n) is 56.3. The van der Waals surface area contributed by atoms with Crippen LogP contribution in [0, 0.1) is 45.9 Å². The van der Waals surface area contributed by atoms with E-state index in [1.54, 1.807) is 0 Å². The lowest BCUT2D eigenvalue weighted by Crippen LogP contribution is -2.43. The Kier molecular flexibility index (Phi) is 19.2. The van der Waals surface area contributed by atoms with Gasteiger partial charge in [0, 0.05) is 22.3 Å². The highest BCUT2D eigenvalue weighted by atomic mass is 28.3. The normalized spacial score (nSPS) is 13.0. The van der Waals surface area contributed by atoms with Crippen molar-refractivity contribution in [3.63, 3.8) is 0 Å². The second-order valence-corrected chi connectivity index (χ2v) is 51.4. The topological polar surface area (TPSA) is 0 Å². The Labute approximate surface area is 514 Å². The molecular weight excluding hydrogens is 1070 g/mol. The monoisotopic (exact) mass is 1170 g/mol. The summed E-state index contributed by atoms with van der Waals surface area (Å²) in [7, 11) is -8.46. The molecule has 438 valence electrons. The molecule has 0 saturated carbocycles. The van der Waals surface area contributed by atoms with Crippen molar-refractivity contribution in [1.29, 1.82) is 0 Å². The smallest absolute Gasteiger partial charge is 0.125 e. The van der Waals surface area contributed by atoms with Gasteiger partial charge in [0.2, 0.25) is 0 Å². The third kappa shape index (κ3) is 11.0. The van der Waals surface area contributed by atoms with Crippen molar-refractivity contribution >= 4 is 96.9 Å². The Bertz CT molecular complexity index is 3960. The Morgan fingerprint density at radius 3 is 0.762 bits per heavy atom. The second kappa shape index (κ2) is 25.0. The van der Waals surface area contributed by atoms with E-state index < -0.39 is 32.3 Å². The fourth-order valence-electron chi connectivity index (χ4n) is 17.1. The van der Waals surface area contributed by atoms with Crippen molar-refractivity contribution in [2.45, 2.75) is 233 Å². The molecule has 4 heteroatoms. The number of rotatable bonds is 13. The first-order chi connectivity index (χ1) is 39.5. The van der Waals surface area contributed by atoms with Crippen LogP contribution in [0.3, 0.4) is 0 Å². The first-order valence-corrected chi connectivity index (χ1v) is 41.4. The molecule has 0 aliphatic carbocycles. The summed E-state index contributed by atoms with van der Waals surface area (Å²) in [4.78, 5) is 0. The summed E-state index contributed by atoms with van der Waals surface area (Å²) in [5.74, 6) is 16.3. The van der Waals surface area contributed by atoms with Crippen molar-refractivity contribution in [3.8, 4) is 57.0 Å². The molecule has 0 fully saturated rings. The van der Waals surface area contributed by atoms with Crippen LogP contribution < -0.4 is 0 Å². The van der Waals surface area contributed by atoms with E-state index >= 15 is 0 Å². The van der Waals surface area contributed by atoms with Gasteiger partial charge in [-0.3, -0.25) is 0 Å². The van der Waals surface area contributed by atoms with Gasteiger partial charge in [-0.15, -0.1) is 22.2 Å². The van der Waals surface area contributed by atoms with E-state index in [1.165, 1.54) is 75.8 Å². The largest absolute Gasteiger partial charge is 0.146 e. The van der Waals surface area contributed by atoms with Crippen molar-refractivity contribution in [2.24, 2.45) is 0 Å². The summed E-state index contributed by atoms with van der Waals surface area (Å²) in [6.45, 7) is 58.3. The first kappa shape index (κ1) is 64.4. The Balaban J connectivity index is 1.51. The average molecular weight is 1180 g/mol. The number of hydrogen-bond acceptors (Lipinski definition) is 0. The first-order valence-electron chi connectivity index (χ1n) is 32.5. The van der Waals surface area contributed by atoms with Gasteiger partial charge in [0.15, 0.2) is 0 Å². The van der Waals surface area contributed by atoms with Gasteiger partial charge in [-0.05, 0) is 179 Å². The second-order valence-electron chi connectivity index (χ2n) is 29.1. The molecule has 0 unspecified atom stereocenters. The summed E-state index contributed by atoms with van der Waals surface area (Å²) in [6.07, 6.45) is 0. The maximum atomic E-state index is 4.24. The van der Waals surface area contributed by atoms with Gasteiger partial charge >= 0.3 is 0 Å². The zero-order valence-corrected chi connectivity index (χ0v) is 60.3. The molecule has 84 heavy (non-hydrogen) atoms. The highest BCUT2D eigenvalue weighted by molar-refractivity contribution is 6.92. The van der Waals surface area contributed by atoms with Crippen LogP contribution in [0.4, 0.5) is 0 Å². The molecule has 8 rings (SSSR count). The van der Waals surface area contributed by atoms with Crippen LogP contribution in [0.1, 0.15) is 188 Å². The predicted molar refractivity (Wildman–Crippen MR) is 389 cm³/mol. The molecule has 0 atom stereocenters. The van der Waals surface area contributed by atoms with E-state index in [9.17, 15) is 0 Å². The van der Waals surface area contributed by atoms with Crippen LogP contribution in [-0.2, 0) is 0 Å². The van der Waals surface area contributed by atoms with Gasteiger partial charge in [-0.2, -0.15) is 0 Å². The molecule has 0 aliphatic rings. The van der Waals surface area contributed by atoms with E-state index in [-0.39, 0.29) is 0 Å². The molecule has 0 spiro atoms. The van der Waals surface area contributed by atoms with Crippen molar-refractivity contribution in [2.75, 3.05) is 0 Å². The Morgan fingerprint density at radius 2 is 0.440 bits per heavy atom. The standard InChI is InChI=1S/C80H102Si4/c1-51(2)81(52(3)4,53(5)6)41-37-72-69-31-27-28-32-70(69)73(38-42-82(54(7)8,55(9)10)56(11)12)76-48-66(35-36-71(72)76)65-33-34-67-49-79-74(39-43-83(57(13)14,58(15)16)59(17)18)77-46-63-29-25-26-30-64(63)47-78(77)75(80(79)50-68(67)45-65)40-44-84(60(19)20,61(21)22)62(23)24/h25-36,45-62H,1-24H3. The zero-order chi connectivity index (χ0) is 61.7. The third-order valence-corrected chi connectivity index (χ3v) is 46.5. The number of hydrogen-bond donors (Lipinski definition) is 0. The molecule has 0 heterocycles. The fraction of sp³-hybridized carbons (Fsp3) is 0.450.